The third kappa shape index (κ3) is 6.74. The van der Waals surface area contributed by atoms with Gasteiger partial charge in [0.1, 0.15) is 23.3 Å². The highest BCUT2D eigenvalue weighted by atomic mass is 19.3. The van der Waals surface area contributed by atoms with Gasteiger partial charge in [-0.1, -0.05) is 13.3 Å². The molecule has 0 saturated heterocycles. The summed E-state index contributed by atoms with van der Waals surface area (Å²) in [5.74, 6) is -7.22. The zero-order chi connectivity index (χ0) is 25.7. The van der Waals surface area contributed by atoms with E-state index in [4.69, 9.17) is 0 Å². The van der Waals surface area contributed by atoms with Gasteiger partial charge in [0.25, 0.3) is 0 Å². The van der Waals surface area contributed by atoms with Crippen LogP contribution in [0.25, 0.3) is 0 Å². The lowest BCUT2D eigenvalue weighted by Crippen LogP contribution is -2.07. The van der Waals surface area contributed by atoms with Crippen LogP contribution in [0.4, 0.5) is 35.1 Å². The van der Waals surface area contributed by atoms with Crippen molar-refractivity contribution in [1.29, 1.82) is 0 Å². The highest BCUT2D eigenvalue weighted by molar-refractivity contribution is 5.34. The maximum Gasteiger partial charge on any atom is 0.387 e. The summed E-state index contributed by atoms with van der Waals surface area (Å²) in [5, 5.41) is 0. The van der Waals surface area contributed by atoms with E-state index in [1.165, 1.54) is 12.1 Å². The molecule has 0 aliphatic carbocycles. The molecule has 0 unspecified atom stereocenters. The highest BCUT2D eigenvalue weighted by Gasteiger charge is 2.18. The second-order valence-electron chi connectivity index (χ2n) is 8.09. The molecular formula is C26H22F8O. The normalized spacial score (nSPS) is 11.4. The molecule has 0 aliphatic heterocycles. The Labute approximate surface area is 197 Å². The predicted molar refractivity (Wildman–Crippen MR) is 115 cm³/mol. The standard InChI is InChI=1S/C26H22F8O/c1-2-3-14-8-19(27)17(20(28)9-14)6-4-15-10-21(29)18(22(30)11-15)7-5-16-12-23(31)25(24(32)13-16)35-26(33)34/h8-13,26H,2-7H2,1H3. The molecule has 0 heterocycles. The highest BCUT2D eigenvalue weighted by Crippen LogP contribution is 2.27. The van der Waals surface area contributed by atoms with Gasteiger partial charge in [-0.25, -0.2) is 26.3 Å². The molecule has 1 nitrogen and oxygen atoms in total. The van der Waals surface area contributed by atoms with E-state index in [0.29, 0.717) is 12.0 Å². The van der Waals surface area contributed by atoms with Gasteiger partial charge in [-0.2, -0.15) is 8.78 Å². The largest absolute Gasteiger partial charge is 0.429 e. The molecule has 3 aromatic rings. The van der Waals surface area contributed by atoms with E-state index < -0.39 is 47.3 Å². The van der Waals surface area contributed by atoms with Gasteiger partial charge in [0.05, 0.1) is 0 Å². The van der Waals surface area contributed by atoms with Crippen molar-refractivity contribution in [3.05, 3.63) is 99.1 Å². The molecule has 3 rings (SSSR count). The van der Waals surface area contributed by atoms with Crippen molar-refractivity contribution in [3.8, 4) is 5.75 Å². The van der Waals surface area contributed by atoms with Crippen LogP contribution in [0.3, 0.4) is 0 Å². The van der Waals surface area contributed by atoms with Crippen LogP contribution >= 0.6 is 0 Å². The van der Waals surface area contributed by atoms with E-state index >= 15 is 0 Å². The van der Waals surface area contributed by atoms with Crippen LogP contribution in [0, 0.1) is 34.9 Å². The Balaban J connectivity index is 1.70. The summed E-state index contributed by atoms with van der Waals surface area (Å²) in [7, 11) is 0. The first-order chi connectivity index (χ1) is 16.6. The van der Waals surface area contributed by atoms with Gasteiger partial charge in [0, 0.05) is 11.1 Å². The molecule has 0 aliphatic rings. The fraction of sp³-hybridized carbons (Fsp3) is 0.308. The zero-order valence-electron chi connectivity index (χ0n) is 18.7. The van der Waals surface area contributed by atoms with Crippen LogP contribution in [-0.2, 0) is 32.1 Å². The van der Waals surface area contributed by atoms with Gasteiger partial charge in [-0.05, 0) is 85.2 Å². The Kier molecular flexibility index (Phi) is 8.75. The van der Waals surface area contributed by atoms with Crippen molar-refractivity contribution in [3.63, 3.8) is 0 Å². The van der Waals surface area contributed by atoms with Gasteiger partial charge in [0.2, 0.25) is 0 Å². The molecule has 0 amide bonds. The first-order valence-corrected chi connectivity index (χ1v) is 10.9. The number of rotatable bonds is 10. The molecular weight excluding hydrogens is 480 g/mol. The molecule has 0 N–H and O–H groups in total. The van der Waals surface area contributed by atoms with Crippen LogP contribution in [0.2, 0.25) is 0 Å². The predicted octanol–water partition coefficient (Wildman–Crippen LogP) is 7.65. The van der Waals surface area contributed by atoms with E-state index in [0.717, 1.165) is 30.7 Å². The Morgan fingerprint density at radius 2 is 0.886 bits per heavy atom. The summed E-state index contributed by atoms with van der Waals surface area (Å²) in [5.41, 5.74) is 0.193. The second kappa shape index (κ2) is 11.6. The number of aryl methyl sites for hydroxylation is 3. The molecule has 188 valence electrons. The fourth-order valence-electron chi connectivity index (χ4n) is 3.86. The first kappa shape index (κ1) is 26.5. The number of hydrogen-bond donors (Lipinski definition) is 0. The van der Waals surface area contributed by atoms with Crippen molar-refractivity contribution in [2.75, 3.05) is 0 Å². The second-order valence-corrected chi connectivity index (χ2v) is 8.09. The summed E-state index contributed by atoms with van der Waals surface area (Å²) in [4.78, 5) is 0. The Hall–Kier alpha value is -3.10. The minimum absolute atomic E-state index is 0.0121. The van der Waals surface area contributed by atoms with Crippen LogP contribution in [0.1, 0.15) is 41.2 Å². The molecule has 0 atom stereocenters. The van der Waals surface area contributed by atoms with Gasteiger partial charge in [0.15, 0.2) is 17.4 Å². The van der Waals surface area contributed by atoms with E-state index in [-0.39, 0.29) is 47.9 Å². The number of halogens is 8. The molecule has 0 bridgehead atoms. The lowest BCUT2D eigenvalue weighted by Gasteiger charge is -2.11. The van der Waals surface area contributed by atoms with Gasteiger partial charge in [-0.15, -0.1) is 0 Å². The third-order valence-corrected chi connectivity index (χ3v) is 5.53. The summed E-state index contributed by atoms with van der Waals surface area (Å²) < 4.78 is 114. The van der Waals surface area contributed by atoms with Crippen LogP contribution in [0.15, 0.2) is 36.4 Å². The SMILES string of the molecule is CCCc1cc(F)c(CCc2cc(F)c(CCc3cc(F)c(OC(F)F)c(F)c3)c(F)c2)c(F)c1. The van der Waals surface area contributed by atoms with Crippen molar-refractivity contribution in [2.24, 2.45) is 0 Å². The molecule has 0 saturated carbocycles. The van der Waals surface area contributed by atoms with Crippen molar-refractivity contribution in [2.45, 2.75) is 52.1 Å². The fourth-order valence-corrected chi connectivity index (χ4v) is 3.86. The van der Waals surface area contributed by atoms with E-state index in [9.17, 15) is 35.1 Å². The molecule has 9 heteroatoms. The molecule has 35 heavy (non-hydrogen) atoms. The zero-order valence-corrected chi connectivity index (χ0v) is 18.7. The monoisotopic (exact) mass is 502 g/mol. The van der Waals surface area contributed by atoms with Gasteiger partial charge < -0.3 is 4.74 Å². The van der Waals surface area contributed by atoms with Crippen molar-refractivity contribution in [1.82, 2.24) is 0 Å². The van der Waals surface area contributed by atoms with Crippen molar-refractivity contribution < 1.29 is 39.9 Å². The van der Waals surface area contributed by atoms with Gasteiger partial charge in [-0.3, -0.25) is 0 Å². The van der Waals surface area contributed by atoms with Crippen molar-refractivity contribution >= 4 is 0 Å². The minimum atomic E-state index is -3.42. The average Bonchev–Trinajstić information content (AvgIpc) is 2.75. The van der Waals surface area contributed by atoms with Crippen LogP contribution < -0.4 is 4.74 Å². The third-order valence-electron chi connectivity index (χ3n) is 5.53. The topological polar surface area (TPSA) is 9.23 Å². The number of hydrogen-bond acceptors (Lipinski definition) is 1. The minimum Gasteiger partial charge on any atom is -0.429 e. The van der Waals surface area contributed by atoms with Crippen LogP contribution in [0.5, 0.6) is 5.75 Å². The molecule has 3 aromatic carbocycles. The Morgan fingerprint density at radius 3 is 1.23 bits per heavy atom. The number of ether oxygens (including phenoxy) is 1. The summed E-state index contributed by atoms with van der Waals surface area (Å²) in [6.45, 7) is -1.53. The molecule has 0 aromatic heterocycles. The van der Waals surface area contributed by atoms with E-state index in [1.807, 2.05) is 6.92 Å². The summed E-state index contributed by atoms with van der Waals surface area (Å²) in [6, 6.07) is 6.09. The average molecular weight is 502 g/mol. The lowest BCUT2D eigenvalue weighted by atomic mass is 9.97. The van der Waals surface area contributed by atoms with Crippen LogP contribution in [-0.4, -0.2) is 6.61 Å². The van der Waals surface area contributed by atoms with Gasteiger partial charge >= 0.3 is 6.61 Å². The lowest BCUT2D eigenvalue weighted by molar-refractivity contribution is -0.0546. The summed E-state index contributed by atoms with van der Waals surface area (Å²) in [6.07, 6.45) is 0.680. The first-order valence-electron chi connectivity index (χ1n) is 10.9. The Morgan fingerprint density at radius 1 is 0.543 bits per heavy atom. The Bertz CT molecular complexity index is 1120. The maximum absolute atomic E-state index is 14.6. The molecule has 0 spiro atoms. The molecule has 0 radical (unpaired) electrons. The maximum atomic E-state index is 14.6. The summed E-state index contributed by atoms with van der Waals surface area (Å²) >= 11 is 0. The van der Waals surface area contributed by atoms with E-state index in [2.05, 4.69) is 4.74 Å². The van der Waals surface area contributed by atoms with E-state index in [1.54, 1.807) is 0 Å². The molecule has 0 fully saturated rings. The number of alkyl halides is 2. The quantitative estimate of drug-likeness (QED) is 0.259. The number of benzene rings is 3. The smallest absolute Gasteiger partial charge is 0.387 e.